The molecule has 1 aromatic carbocycles. The Morgan fingerprint density at radius 2 is 1.89 bits per heavy atom. The van der Waals surface area contributed by atoms with Gasteiger partial charge in [-0.05, 0) is 88.4 Å². The second-order valence-corrected chi connectivity index (χ2v) is 7.68. The molecule has 2 heteroatoms. The zero-order valence-electron chi connectivity index (χ0n) is 12.6. The Balaban J connectivity index is 1.63. The first kappa shape index (κ1) is 14.9. The van der Waals surface area contributed by atoms with Crippen LogP contribution in [0.1, 0.15) is 51.2 Å². The minimum Gasteiger partial charge on any atom is -0.312 e. The standard InChI is InChI=1S/C17H27NS/c1-17(2,3)18-11-4-5-12-19-16-10-9-14-7-6-8-15(14)13-16/h9-10,13,18H,4-8,11-12H2,1-3H3. The van der Waals surface area contributed by atoms with Crippen molar-refractivity contribution in [2.75, 3.05) is 12.3 Å². The minimum atomic E-state index is 0.257. The molecule has 0 atom stereocenters. The van der Waals surface area contributed by atoms with Crippen molar-refractivity contribution in [1.82, 2.24) is 5.32 Å². The van der Waals surface area contributed by atoms with Gasteiger partial charge in [-0.1, -0.05) is 6.07 Å². The second-order valence-electron chi connectivity index (χ2n) is 6.52. The molecule has 1 aliphatic carbocycles. The van der Waals surface area contributed by atoms with Crippen LogP contribution in [0.4, 0.5) is 0 Å². The second kappa shape index (κ2) is 6.81. The van der Waals surface area contributed by atoms with Gasteiger partial charge in [0.05, 0.1) is 0 Å². The van der Waals surface area contributed by atoms with Gasteiger partial charge >= 0.3 is 0 Å². The molecule has 0 unspecified atom stereocenters. The Morgan fingerprint density at radius 3 is 2.68 bits per heavy atom. The monoisotopic (exact) mass is 277 g/mol. The number of rotatable bonds is 6. The van der Waals surface area contributed by atoms with E-state index >= 15 is 0 Å². The lowest BCUT2D eigenvalue weighted by molar-refractivity contribution is 0.421. The highest BCUT2D eigenvalue weighted by Gasteiger charge is 2.10. The summed E-state index contributed by atoms with van der Waals surface area (Å²) in [5.74, 6) is 1.24. The smallest absolute Gasteiger partial charge is 0.00965 e. The molecule has 0 saturated heterocycles. The first-order valence-corrected chi connectivity index (χ1v) is 8.53. The van der Waals surface area contributed by atoms with E-state index in [0.717, 1.165) is 6.54 Å². The van der Waals surface area contributed by atoms with Crippen LogP contribution in [0.15, 0.2) is 23.1 Å². The maximum absolute atomic E-state index is 3.55. The van der Waals surface area contributed by atoms with Gasteiger partial charge in [0.2, 0.25) is 0 Å². The molecule has 0 radical (unpaired) electrons. The molecule has 1 nitrogen and oxygen atoms in total. The predicted octanol–water partition coefficient (Wildman–Crippen LogP) is 4.44. The van der Waals surface area contributed by atoms with E-state index in [2.05, 4.69) is 44.3 Å². The minimum absolute atomic E-state index is 0.257. The summed E-state index contributed by atoms with van der Waals surface area (Å²) in [6, 6.07) is 7.06. The third-order valence-electron chi connectivity index (χ3n) is 3.57. The largest absolute Gasteiger partial charge is 0.312 e. The van der Waals surface area contributed by atoms with Gasteiger partial charge in [-0.2, -0.15) is 0 Å². The Bertz CT molecular complexity index is 406. The summed E-state index contributed by atoms with van der Waals surface area (Å²) in [4.78, 5) is 1.46. The van der Waals surface area contributed by atoms with Gasteiger partial charge in [0.1, 0.15) is 0 Å². The highest BCUT2D eigenvalue weighted by atomic mass is 32.2. The zero-order valence-corrected chi connectivity index (χ0v) is 13.4. The van der Waals surface area contributed by atoms with Crippen molar-refractivity contribution in [2.24, 2.45) is 0 Å². The van der Waals surface area contributed by atoms with Gasteiger partial charge in [-0.3, -0.25) is 0 Å². The molecule has 0 saturated carbocycles. The molecule has 0 bridgehead atoms. The summed E-state index contributed by atoms with van der Waals surface area (Å²) in [7, 11) is 0. The van der Waals surface area contributed by atoms with Crippen molar-refractivity contribution >= 4 is 11.8 Å². The number of thioether (sulfide) groups is 1. The molecule has 106 valence electrons. The van der Waals surface area contributed by atoms with Gasteiger partial charge in [-0.15, -0.1) is 11.8 Å². The topological polar surface area (TPSA) is 12.0 Å². The number of nitrogens with one attached hydrogen (secondary N) is 1. The van der Waals surface area contributed by atoms with E-state index in [1.807, 2.05) is 11.8 Å². The number of fused-ring (bicyclic) bond motifs is 1. The van der Waals surface area contributed by atoms with Crippen molar-refractivity contribution in [3.63, 3.8) is 0 Å². The Kier molecular flexibility index (Phi) is 5.35. The van der Waals surface area contributed by atoms with Crippen LogP contribution in [0.25, 0.3) is 0 Å². The van der Waals surface area contributed by atoms with E-state index in [1.165, 1.54) is 42.8 Å². The zero-order chi connectivity index (χ0) is 13.7. The van der Waals surface area contributed by atoms with Crippen molar-refractivity contribution in [2.45, 2.75) is 63.3 Å². The fourth-order valence-electron chi connectivity index (χ4n) is 2.52. The molecule has 19 heavy (non-hydrogen) atoms. The van der Waals surface area contributed by atoms with Gasteiger partial charge in [-0.25, -0.2) is 0 Å². The average molecular weight is 277 g/mol. The molecule has 0 amide bonds. The van der Waals surface area contributed by atoms with Crippen molar-refractivity contribution in [3.05, 3.63) is 29.3 Å². The van der Waals surface area contributed by atoms with E-state index in [1.54, 1.807) is 11.1 Å². The molecular formula is C17H27NS. The third kappa shape index (κ3) is 5.19. The van der Waals surface area contributed by atoms with Crippen LogP contribution in [0.2, 0.25) is 0 Å². The molecule has 2 rings (SSSR count). The van der Waals surface area contributed by atoms with E-state index in [0.29, 0.717) is 0 Å². The van der Waals surface area contributed by atoms with Crippen LogP contribution in [-0.4, -0.2) is 17.8 Å². The maximum Gasteiger partial charge on any atom is 0.00965 e. The summed E-state index contributed by atoms with van der Waals surface area (Å²) < 4.78 is 0. The lowest BCUT2D eigenvalue weighted by Gasteiger charge is -2.20. The summed E-state index contributed by atoms with van der Waals surface area (Å²) >= 11 is 2.02. The van der Waals surface area contributed by atoms with Crippen molar-refractivity contribution < 1.29 is 0 Å². The normalized spacial score (nSPS) is 14.7. The van der Waals surface area contributed by atoms with Gasteiger partial charge in [0.25, 0.3) is 0 Å². The molecule has 0 aliphatic heterocycles. The highest BCUT2D eigenvalue weighted by molar-refractivity contribution is 7.99. The van der Waals surface area contributed by atoms with Crippen LogP contribution in [-0.2, 0) is 12.8 Å². The van der Waals surface area contributed by atoms with Crippen molar-refractivity contribution in [1.29, 1.82) is 0 Å². The van der Waals surface area contributed by atoms with E-state index < -0.39 is 0 Å². The number of hydrogen-bond donors (Lipinski definition) is 1. The number of aryl methyl sites for hydroxylation is 2. The fourth-order valence-corrected chi connectivity index (χ4v) is 3.49. The predicted molar refractivity (Wildman–Crippen MR) is 86.2 cm³/mol. The van der Waals surface area contributed by atoms with Gasteiger partial charge in [0.15, 0.2) is 0 Å². The van der Waals surface area contributed by atoms with E-state index in [9.17, 15) is 0 Å². The molecule has 0 fully saturated rings. The lowest BCUT2D eigenvalue weighted by atomic mass is 10.1. The Morgan fingerprint density at radius 1 is 1.11 bits per heavy atom. The lowest BCUT2D eigenvalue weighted by Crippen LogP contribution is -2.36. The van der Waals surface area contributed by atoms with Crippen LogP contribution >= 0.6 is 11.8 Å². The SMILES string of the molecule is CC(C)(C)NCCCCSc1ccc2c(c1)CCC2. The highest BCUT2D eigenvalue weighted by Crippen LogP contribution is 2.27. The van der Waals surface area contributed by atoms with E-state index in [-0.39, 0.29) is 5.54 Å². The summed E-state index contributed by atoms with van der Waals surface area (Å²) in [5.41, 5.74) is 3.44. The van der Waals surface area contributed by atoms with Crippen LogP contribution in [0.5, 0.6) is 0 Å². The summed E-state index contributed by atoms with van der Waals surface area (Å²) in [5, 5.41) is 3.55. The third-order valence-corrected chi connectivity index (χ3v) is 4.65. The van der Waals surface area contributed by atoms with Gasteiger partial charge < -0.3 is 5.32 Å². The molecule has 0 aromatic heterocycles. The van der Waals surface area contributed by atoms with Crippen LogP contribution in [0.3, 0.4) is 0 Å². The number of unbranched alkanes of at least 4 members (excludes halogenated alkanes) is 1. The maximum atomic E-state index is 3.55. The number of hydrogen-bond acceptors (Lipinski definition) is 2. The van der Waals surface area contributed by atoms with Gasteiger partial charge in [0, 0.05) is 10.4 Å². The molecule has 1 aliphatic rings. The molecule has 1 N–H and O–H groups in total. The molecular weight excluding hydrogens is 250 g/mol. The summed E-state index contributed by atoms with van der Waals surface area (Å²) in [6.07, 6.45) is 6.50. The van der Waals surface area contributed by atoms with E-state index in [4.69, 9.17) is 0 Å². The number of benzene rings is 1. The van der Waals surface area contributed by atoms with Crippen molar-refractivity contribution in [3.8, 4) is 0 Å². The molecule has 0 spiro atoms. The first-order valence-electron chi connectivity index (χ1n) is 7.54. The fraction of sp³-hybridized carbons (Fsp3) is 0.647. The first-order chi connectivity index (χ1) is 9.04. The molecule has 0 heterocycles. The Hall–Kier alpha value is -0.470. The Labute approximate surface area is 122 Å². The van der Waals surface area contributed by atoms with Crippen LogP contribution in [0, 0.1) is 0 Å². The quantitative estimate of drug-likeness (QED) is 0.609. The average Bonchev–Trinajstić information content (AvgIpc) is 2.79. The summed E-state index contributed by atoms with van der Waals surface area (Å²) in [6.45, 7) is 7.82. The van der Waals surface area contributed by atoms with Crippen LogP contribution < -0.4 is 5.32 Å². The molecule has 1 aromatic rings.